The molecule has 1 aromatic heterocycles. The van der Waals surface area contributed by atoms with Crippen LogP contribution in [0.15, 0.2) is 6.20 Å². The number of rotatable bonds is 2. The molecule has 4 nitrogen and oxygen atoms in total. The molecule has 1 rings (SSSR count). The van der Waals surface area contributed by atoms with Gasteiger partial charge in [0.1, 0.15) is 3.57 Å². The molecular weight excluding hydrogens is 424 g/mol. The van der Waals surface area contributed by atoms with Gasteiger partial charge in [0.2, 0.25) is 0 Å². The Hall–Kier alpha value is -0.130. The Morgan fingerprint density at radius 1 is 1.50 bits per heavy atom. The molecule has 0 atom stereocenters. The Bertz CT molecular complexity index is 386. The zero-order valence-electron chi connectivity index (χ0n) is 6.38. The van der Waals surface area contributed by atoms with Gasteiger partial charge in [0.15, 0.2) is 3.70 Å². The van der Waals surface area contributed by atoms with Gasteiger partial charge in [-0.15, -0.1) is 0 Å². The Kier molecular flexibility index (Phi) is 3.92. The van der Waals surface area contributed by atoms with E-state index < -0.39 is 16.9 Å². The third-order valence-electron chi connectivity index (χ3n) is 1.39. The molecule has 14 heavy (non-hydrogen) atoms. The topological polar surface area (TPSA) is 56.0 Å². The van der Waals surface area contributed by atoms with Crippen LogP contribution < -0.4 is 0 Å². The van der Waals surface area contributed by atoms with Crippen LogP contribution in [-0.4, -0.2) is 9.91 Å². The minimum atomic E-state index is -2.75. The summed E-state index contributed by atoms with van der Waals surface area (Å²) >= 11 is 3.17. The van der Waals surface area contributed by atoms with Crippen molar-refractivity contribution in [3.8, 4) is 0 Å². The van der Waals surface area contributed by atoms with Crippen LogP contribution in [0.2, 0.25) is 0 Å². The van der Waals surface area contributed by atoms with E-state index in [1.807, 2.05) is 0 Å². The molecule has 0 amide bonds. The van der Waals surface area contributed by atoms with Gasteiger partial charge >= 0.3 is 5.69 Å². The monoisotopic (exact) mass is 426 g/mol. The smallest absolute Gasteiger partial charge is 0.258 e. The predicted octanol–water partition coefficient (Wildman–Crippen LogP) is 3.14. The van der Waals surface area contributed by atoms with Crippen LogP contribution in [0.25, 0.3) is 0 Å². The molecule has 8 heteroatoms. The molecule has 1 aromatic rings. The molecule has 0 aromatic carbocycles. The Morgan fingerprint density at radius 2 is 2.07 bits per heavy atom. The number of nitrogens with zero attached hydrogens (tertiary/aromatic N) is 2. The molecule has 0 saturated heterocycles. The van der Waals surface area contributed by atoms with Crippen LogP contribution in [0.4, 0.5) is 14.5 Å². The highest BCUT2D eigenvalue weighted by Crippen LogP contribution is 2.32. The lowest BCUT2D eigenvalue weighted by Crippen LogP contribution is -2.02. The molecule has 76 valence electrons. The first kappa shape index (κ1) is 11.9. The first-order valence-corrected chi connectivity index (χ1v) is 5.37. The number of pyridine rings is 1. The summed E-state index contributed by atoms with van der Waals surface area (Å²) in [4.78, 5) is 13.4. The molecule has 0 bridgehead atoms. The van der Waals surface area contributed by atoms with Crippen LogP contribution in [0.3, 0.4) is 0 Å². The Labute approximate surface area is 105 Å². The molecule has 0 aliphatic rings. The maximum Gasteiger partial charge on any atom is 0.314 e. The van der Waals surface area contributed by atoms with Crippen LogP contribution in [0.1, 0.15) is 12.0 Å². The summed E-state index contributed by atoms with van der Waals surface area (Å²) < 4.78 is 24.7. The standard InChI is InChI=1S/C6H2F2I2N2O2/c7-5(8)2-1-11-6(10)4(3(2)9)12(13)14/h1,5H. The lowest BCUT2D eigenvalue weighted by Gasteiger charge is -2.03. The highest BCUT2D eigenvalue weighted by atomic mass is 127. The van der Waals surface area contributed by atoms with Crippen molar-refractivity contribution in [1.29, 1.82) is 0 Å². The van der Waals surface area contributed by atoms with Crippen LogP contribution in [-0.2, 0) is 0 Å². The third kappa shape index (κ3) is 2.27. The van der Waals surface area contributed by atoms with Gasteiger partial charge in [-0.2, -0.15) is 0 Å². The minimum absolute atomic E-state index is 0.0537. The van der Waals surface area contributed by atoms with Gasteiger partial charge in [0.25, 0.3) is 6.43 Å². The number of hydrogen-bond donors (Lipinski definition) is 0. The molecule has 0 aliphatic carbocycles. The van der Waals surface area contributed by atoms with Crippen LogP contribution in [0.5, 0.6) is 0 Å². The van der Waals surface area contributed by atoms with Crippen molar-refractivity contribution in [2.45, 2.75) is 6.43 Å². The lowest BCUT2D eigenvalue weighted by atomic mass is 10.3. The van der Waals surface area contributed by atoms with E-state index in [-0.39, 0.29) is 13.0 Å². The zero-order valence-corrected chi connectivity index (χ0v) is 10.7. The first-order chi connectivity index (χ1) is 6.45. The third-order valence-corrected chi connectivity index (χ3v) is 3.31. The predicted molar refractivity (Wildman–Crippen MR) is 61.3 cm³/mol. The summed E-state index contributed by atoms with van der Waals surface area (Å²) in [5.41, 5.74) is -0.762. The van der Waals surface area contributed by atoms with Crippen molar-refractivity contribution in [2.75, 3.05) is 0 Å². The summed E-state index contributed by atoms with van der Waals surface area (Å²) in [7, 11) is 0. The molecule has 0 spiro atoms. The van der Waals surface area contributed by atoms with Crippen molar-refractivity contribution in [2.24, 2.45) is 0 Å². The van der Waals surface area contributed by atoms with Gasteiger partial charge in [-0.05, 0) is 45.2 Å². The quantitative estimate of drug-likeness (QED) is 0.316. The average molecular weight is 426 g/mol. The fraction of sp³-hybridized carbons (Fsp3) is 0.167. The SMILES string of the molecule is O=[N+]([O-])c1c(I)ncc(C(F)F)c1I. The fourth-order valence-electron chi connectivity index (χ4n) is 0.779. The van der Waals surface area contributed by atoms with Crippen molar-refractivity contribution in [1.82, 2.24) is 4.98 Å². The van der Waals surface area contributed by atoms with Crippen LogP contribution >= 0.6 is 45.2 Å². The number of nitro groups is 1. The normalized spacial score (nSPS) is 10.6. The Morgan fingerprint density at radius 3 is 2.50 bits per heavy atom. The zero-order chi connectivity index (χ0) is 10.9. The van der Waals surface area contributed by atoms with Gasteiger partial charge in [0.05, 0.1) is 10.5 Å². The summed E-state index contributed by atoms with van der Waals surface area (Å²) in [5.74, 6) is 0. The van der Waals surface area contributed by atoms with E-state index in [1.165, 1.54) is 22.6 Å². The number of hydrogen-bond acceptors (Lipinski definition) is 3. The summed E-state index contributed by atoms with van der Waals surface area (Å²) in [6.45, 7) is 0. The fourth-order valence-corrected chi connectivity index (χ4v) is 2.73. The summed E-state index contributed by atoms with van der Waals surface area (Å²) in [6.07, 6.45) is -1.79. The number of alkyl halides is 2. The van der Waals surface area contributed by atoms with Gasteiger partial charge in [-0.3, -0.25) is 10.1 Å². The van der Waals surface area contributed by atoms with E-state index in [9.17, 15) is 18.9 Å². The van der Waals surface area contributed by atoms with Crippen molar-refractivity contribution in [3.05, 3.63) is 29.1 Å². The van der Waals surface area contributed by atoms with Crippen molar-refractivity contribution >= 4 is 50.9 Å². The van der Waals surface area contributed by atoms with E-state index in [0.717, 1.165) is 6.20 Å². The number of aromatic nitrogens is 1. The van der Waals surface area contributed by atoms with E-state index in [2.05, 4.69) is 4.98 Å². The average Bonchev–Trinajstić information content (AvgIpc) is 2.02. The second kappa shape index (κ2) is 4.59. The molecule has 0 saturated carbocycles. The molecule has 0 radical (unpaired) electrons. The molecule has 0 fully saturated rings. The van der Waals surface area contributed by atoms with E-state index in [1.54, 1.807) is 22.6 Å². The largest absolute Gasteiger partial charge is 0.314 e. The van der Waals surface area contributed by atoms with Gasteiger partial charge < -0.3 is 0 Å². The summed E-state index contributed by atoms with van der Waals surface area (Å²) in [6, 6.07) is 0. The highest BCUT2D eigenvalue weighted by Gasteiger charge is 2.25. The van der Waals surface area contributed by atoms with Crippen molar-refractivity contribution in [3.63, 3.8) is 0 Å². The molecule has 1 heterocycles. The van der Waals surface area contributed by atoms with E-state index in [0.29, 0.717) is 0 Å². The van der Waals surface area contributed by atoms with Gasteiger partial charge in [-0.25, -0.2) is 13.8 Å². The van der Waals surface area contributed by atoms with Crippen molar-refractivity contribution < 1.29 is 13.7 Å². The van der Waals surface area contributed by atoms with Gasteiger partial charge in [-0.1, -0.05) is 0 Å². The molecule has 0 N–H and O–H groups in total. The molecule has 0 aliphatic heterocycles. The maximum absolute atomic E-state index is 12.3. The minimum Gasteiger partial charge on any atom is -0.258 e. The Balaban J connectivity index is 3.41. The maximum atomic E-state index is 12.3. The first-order valence-electron chi connectivity index (χ1n) is 3.21. The van der Waals surface area contributed by atoms with E-state index in [4.69, 9.17) is 0 Å². The molecule has 0 unspecified atom stereocenters. The summed E-state index contributed by atoms with van der Waals surface area (Å²) in [5, 5.41) is 10.5. The van der Waals surface area contributed by atoms with Crippen LogP contribution in [0, 0.1) is 17.4 Å². The second-order valence-corrected chi connectivity index (χ2v) is 4.33. The lowest BCUT2D eigenvalue weighted by molar-refractivity contribution is -0.387. The number of halogens is 4. The van der Waals surface area contributed by atoms with E-state index >= 15 is 0 Å². The molecular formula is C6H2F2I2N2O2. The van der Waals surface area contributed by atoms with Gasteiger partial charge in [0, 0.05) is 6.20 Å². The second-order valence-electron chi connectivity index (χ2n) is 2.22. The highest BCUT2D eigenvalue weighted by molar-refractivity contribution is 14.1.